The number of hydrogen-bond donors (Lipinski definition) is 1. The highest BCUT2D eigenvalue weighted by Gasteiger charge is 2.23. The van der Waals surface area contributed by atoms with Crippen molar-refractivity contribution in [1.82, 2.24) is 10.2 Å². The van der Waals surface area contributed by atoms with Gasteiger partial charge in [0.25, 0.3) is 0 Å². The summed E-state index contributed by atoms with van der Waals surface area (Å²) < 4.78 is 0. The third kappa shape index (κ3) is 3.55. The van der Waals surface area contributed by atoms with Crippen LogP contribution in [0.15, 0.2) is 30.3 Å². The molecule has 0 spiro atoms. The van der Waals surface area contributed by atoms with Crippen molar-refractivity contribution in [3.8, 4) is 0 Å². The van der Waals surface area contributed by atoms with Crippen molar-refractivity contribution in [1.29, 1.82) is 0 Å². The topological polar surface area (TPSA) is 15.3 Å². The Kier molecular flexibility index (Phi) is 4.57. The van der Waals surface area contributed by atoms with Crippen LogP contribution in [-0.2, 0) is 6.42 Å². The van der Waals surface area contributed by atoms with Gasteiger partial charge < -0.3 is 5.32 Å². The number of piperazine rings is 1. The molecule has 0 amide bonds. The zero-order valence-corrected chi connectivity index (χ0v) is 11.0. The Labute approximate surface area is 105 Å². The summed E-state index contributed by atoms with van der Waals surface area (Å²) in [5.74, 6) is 0. The number of rotatable bonds is 4. The van der Waals surface area contributed by atoms with Gasteiger partial charge in [-0.05, 0) is 38.8 Å². The summed E-state index contributed by atoms with van der Waals surface area (Å²) in [6.07, 6.45) is 2.47. The normalized spacial score (nSPS) is 26.0. The average molecular weight is 232 g/mol. The lowest BCUT2D eigenvalue weighted by molar-refractivity contribution is 0.137. The van der Waals surface area contributed by atoms with Crippen molar-refractivity contribution in [3.05, 3.63) is 35.9 Å². The highest BCUT2D eigenvalue weighted by molar-refractivity contribution is 5.14. The minimum Gasteiger partial charge on any atom is -0.311 e. The van der Waals surface area contributed by atoms with Gasteiger partial charge in [-0.1, -0.05) is 30.3 Å². The molecule has 2 heteroatoms. The lowest BCUT2D eigenvalue weighted by Gasteiger charge is -2.38. The molecule has 0 aromatic heterocycles. The first-order valence-corrected chi connectivity index (χ1v) is 6.79. The first-order valence-electron chi connectivity index (χ1n) is 6.79. The number of aryl methyl sites for hydroxylation is 1. The van der Waals surface area contributed by atoms with E-state index in [2.05, 4.69) is 54.4 Å². The molecule has 1 aromatic carbocycles. The van der Waals surface area contributed by atoms with Gasteiger partial charge in [-0.15, -0.1) is 0 Å². The summed E-state index contributed by atoms with van der Waals surface area (Å²) in [5, 5.41) is 3.53. The van der Waals surface area contributed by atoms with Crippen molar-refractivity contribution in [2.45, 2.75) is 38.8 Å². The summed E-state index contributed by atoms with van der Waals surface area (Å²) in [4.78, 5) is 2.62. The molecule has 2 atom stereocenters. The monoisotopic (exact) mass is 232 g/mol. The maximum absolute atomic E-state index is 3.53. The number of nitrogens with one attached hydrogen (secondary N) is 1. The quantitative estimate of drug-likeness (QED) is 0.857. The number of hydrogen-bond acceptors (Lipinski definition) is 2. The summed E-state index contributed by atoms with van der Waals surface area (Å²) >= 11 is 0. The Morgan fingerprint density at radius 2 is 2.00 bits per heavy atom. The molecule has 0 radical (unpaired) electrons. The fourth-order valence-electron chi connectivity index (χ4n) is 2.57. The van der Waals surface area contributed by atoms with Crippen LogP contribution in [0.3, 0.4) is 0 Å². The molecule has 1 heterocycles. The van der Waals surface area contributed by atoms with E-state index in [9.17, 15) is 0 Å². The maximum Gasteiger partial charge on any atom is 0.0218 e. The number of nitrogens with zero attached hydrogens (tertiary/aromatic N) is 1. The molecule has 1 saturated heterocycles. The summed E-state index contributed by atoms with van der Waals surface area (Å²) in [6.45, 7) is 8.17. The molecule has 94 valence electrons. The van der Waals surface area contributed by atoms with Gasteiger partial charge >= 0.3 is 0 Å². The van der Waals surface area contributed by atoms with E-state index in [-0.39, 0.29) is 0 Å². The van der Waals surface area contributed by atoms with Gasteiger partial charge in [0.05, 0.1) is 0 Å². The molecule has 2 nitrogen and oxygen atoms in total. The van der Waals surface area contributed by atoms with E-state index in [1.54, 1.807) is 0 Å². The van der Waals surface area contributed by atoms with Crippen molar-refractivity contribution in [2.24, 2.45) is 0 Å². The van der Waals surface area contributed by atoms with Gasteiger partial charge in [0.2, 0.25) is 0 Å². The first kappa shape index (κ1) is 12.6. The van der Waals surface area contributed by atoms with Crippen LogP contribution in [0.5, 0.6) is 0 Å². The minimum atomic E-state index is 0.625. The highest BCUT2D eigenvalue weighted by Crippen LogP contribution is 2.10. The van der Waals surface area contributed by atoms with Crippen LogP contribution in [0.4, 0.5) is 0 Å². The second kappa shape index (κ2) is 6.18. The molecule has 1 aromatic rings. The predicted molar refractivity (Wildman–Crippen MR) is 73.3 cm³/mol. The molecule has 1 aliphatic rings. The minimum absolute atomic E-state index is 0.625. The summed E-state index contributed by atoms with van der Waals surface area (Å²) in [5.41, 5.74) is 1.46. The van der Waals surface area contributed by atoms with Crippen LogP contribution in [0, 0.1) is 0 Å². The lowest BCUT2D eigenvalue weighted by atomic mass is 10.1. The fourth-order valence-corrected chi connectivity index (χ4v) is 2.57. The Morgan fingerprint density at radius 3 is 2.76 bits per heavy atom. The molecular formula is C15H24N2. The van der Waals surface area contributed by atoms with Crippen molar-refractivity contribution in [3.63, 3.8) is 0 Å². The first-order chi connectivity index (χ1) is 8.27. The van der Waals surface area contributed by atoms with Crippen molar-refractivity contribution < 1.29 is 0 Å². The molecule has 0 unspecified atom stereocenters. The second-order valence-electron chi connectivity index (χ2n) is 5.11. The van der Waals surface area contributed by atoms with E-state index in [0.717, 1.165) is 6.54 Å². The van der Waals surface area contributed by atoms with Gasteiger partial charge in [-0.25, -0.2) is 0 Å². The SMILES string of the molecule is C[C@@H]1NCCN(CCCc2ccccc2)[C@@H]1C. The van der Waals surface area contributed by atoms with Gasteiger partial charge in [-0.3, -0.25) is 4.90 Å². The number of benzene rings is 1. The standard InChI is InChI=1S/C15H24N2/c1-13-14(2)17(12-10-16-13)11-6-9-15-7-4-3-5-8-15/h3-5,7-8,13-14,16H,6,9-12H2,1-2H3/t13-,14+/m0/s1. The van der Waals surface area contributed by atoms with E-state index in [1.807, 2.05) is 0 Å². The average Bonchev–Trinajstić information content (AvgIpc) is 2.36. The van der Waals surface area contributed by atoms with E-state index in [4.69, 9.17) is 0 Å². The molecule has 1 fully saturated rings. The Bertz CT molecular complexity index is 323. The third-order valence-electron chi connectivity index (χ3n) is 3.92. The lowest BCUT2D eigenvalue weighted by Crippen LogP contribution is -2.55. The Hall–Kier alpha value is -0.860. The summed E-state index contributed by atoms with van der Waals surface area (Å²) in [7, 11) is 0. The van der Waals surface area contributed by atoms with Crippen molar-refractivity contribution in [2.75, 3.05) is 19.6 Å². The van der Waals surface area contributed by atoms with Crippen LogP contribution in [0.25, 0.3) is 0 Å². The van der Waals surface area contributed by atoms with E-state index < -0.39 is 0 Å². The van der Waals surface area contributed by atoms with Crippen LogP contribution >= 0.6 is 0 Å². The maximum atomic E-state index is 3.53. The van der Waals surface area contributed by atoms with Crippen molar-refractivity contribution >= 4 is 0 Å². The Balaban J connectivity index is 1.75. The molecule has 1 N–H and O–H groups in total. The van der Waals surface area contributed by atoms with Crippen LogP contribution in [-0.4, -0.2) is 36.6 Å². The molecule has 17 heavy (non-hydrogen) atoms. The molecule has 0 saturated carbocycles. The third-order valence-corrected chi connectivity index (χ3v) is 3.92. The van der Waals surface area contributed by atoms with Crippen LogP contribution in [0.1, 0.15) is 25.8 Å². The van der Waals surface area contributed by atoms with Gasteiger partial charge in [0.15, 0.2) is 0 Å². The smallest absolute Gasteiger partial charge is 0.0218 e. The van der Waals surface area contributed by atoms with E-state index in [1.165, 1.54) is 31.5 Å². The molecule has 0 bridgehead atoms. The largest absolute Gasteiger partial charge is 0.311 e. The van der Waals surface area contributed by atoms with Gasteiger partial charge in [0.1, 0.15) is 0 Å². The van der Waals surface area contributed by atoms with Gasteiger partial charge in [0, 0.05) is 25.2 Å². The molecule has 0 aliphatic carbocycles. The molecule has 2 rings (SSSR count). The fraction of sp³-hybridized carbons (Fsp3) is 0.600. The highest BCUT2D eigenvalue weighted by atomic mass is 15.2. The molecule has 1 aliphatic heterocycles. The van der Waals surface area contributed by atoms with E-state index in [0.29, 0.717) is 12.1 Å². The molecular weight excluding hydrogens is 208 g/mol. The van der Waals surface area contributed by atoms with Gasteiger partial charge in [-0.2, -0.15) is 0 Å². The zero-order valence-electron chi connectivity index (χ0n) is 11.0. The zero-order chi connectivity index (χ0) is 12.1. The predicted octanol–water partition coefficient (Wildman–Crippen LogP) is 2.30. The van der Waals surface area contributed by atoms with E-state index >= 15 is 0 Å². The van der Waals surface area contributed by atoms with Crippen LogP contribution < -0.4 is 5.32 Å². The van der Waals surface area contributed by atoms with Crippen LogP contribution in [0.2, 0.25) is 0 Å². The summed E-state index contributed by atoms with van der Waals surface area (Å²) in [6, 6.07) is 12.1. The Morgan fingerprint density at radius 1 is 1.24 bits per heavy atom. The second-order valence-corrected chi connectivity index (χ2v) is 5.11.